The first-order chi connectivity index (χ1) is 8.80. The zero-order valence-electron chi connectivity index (χ0n) is 11.2. The molecule has 3 heteroatoms. The lowest BCUT2D eigenvalue weighted by Gasteiger charge is -2.09. The van der Waals surface area contributed by atoms with Gasteiger partial charge in [-0.15, -0.1) is 0 Å². The number of nitrogens with two attached hydrogens (primary N) is 1. The second kappa shape index (κ2) is 5.83. The van der Waals surface area contributed by atoms with E-state index in [0.29, 0.717) is 6.54 Å². The van der Waals surface area contributed by atoms with Gasteiger partial charge in [0.2, 0.25) is 0 Å². The number of hydrogen-bond donors (Lipinski definition) is 1. The van der Waals surface area contributed by atoms with Gasteiger partial charge in [0.05, 0.1) is 0 Å². The summed E-state index contributed by atoms with van der Waals surface area (Å²) in [6.07, 6.45) is 3.90. The highest BCUT2D eigenvalue weighted by atomic mass is 15.1. The Morgan fingerprint density at radius 2 is 1.89 bits per heavy atom. The van der Waals surface area contributed by atoms with Crippen molar-refractivity contribution in [1.82, 2.24) is 9.55 Å². The monoisotopic (exact) mass is 243 g/mol. The van der Waals surface area contributed by atoms with E-state index in [4.69, 9.17) is 5.73 Å². The Morgan fingerprint density at radius 1 is 1.17 bits per heavy atom. The van der Waals surface area contributed by atoms with Crippen molar-refractivity contribution in [3.8, 4) is 11.4 Å². The van der Waals surface area contributed by atoms with Crippen LogP contribution in [0.3, 0.4) is 0 Å². The largest absolute Gasteiger partial charge is 0.330 e. The van der Waals surface area contributed by atoms with E-state index in [2.05, 4.69) is 47.7 Å². The molecule has 1 aromatic carbocycles. The molecule has 0 fully saturated rings. The molecule has 0 saturated heterocycles. The number of hydrogen-bond acceptors (Lipinski definition) is 2. The van der Waals surface area contributed by atoms with Crippen LogP contribution < -0.4 is 5.73 Å². The minimum absolute atomic E-state index is 0.667. The van der Waals surface area contributed by atoms with Gasteiger partial charge in [0, 0.05) is 30.4 Å². The highest BCUT2D eigenvalue weighted by Gasteiger charge is 2.09. The van der Waals surface area contributed by atoms with Crippen molar-refractivity contribution in [2.24, 2.45) is 5.73 Å². The van der Waals surface area contributed by atoms with Gasteiger partial charge in [0.25, 0.3) is 0 Å². The molecule has 1 aromatic heterocycles. The summed E-state index contributed by atoms with van der Waals surface area (Å²) >= 11 is 0. The van der Waals surface area contributed by atoms with Crippen LogP contribution in [0.2, 0.25) is 0 Å². The van der Waals surface area contributed by atoms with E-state index in [1.54, 1.807) is 0 Å². The molecular weight excluding hydrogens is 222 g/mol. The molecule has 0 unspecified atom stereocenters. The van der Waals surface area contributed by atoms with E-state index in [-0.39, 0.29) is 0 Å². The molecule has 0 amide bonds. The van der Waals surface area contributed by atoms with Crippen LogP contribution in [0.25, 0.3) is 11.4 Å². The number of rotatable bonds is 5. The van der Waals surface area contributed by atoms with Crippen LogP contribution in [0, 0.1) is 0 Å². The van der Waals surface area contributed by atoms with Crippen LogP contribution in [0.1, 0.15) is 25.1 Å². The third-order valence-corrected chi connectivity index (χ3v) is 3.28. The molecule has 96 valence electrons. The summed E-state index contributed by atoms with van der Waals surface area (Å²) in [6, 6.07) is 8.65. The Morgan fingerprint density at radius 3 is 2.44 bits per heavy atom. The fraction of sp³-hybridized carbons (Fsp3) is 0.400. The lowest BCUT2D eigenvalue weighted by molar-refractivity contribution is 0.714. The van der Waals surface area contributed by atoms with Crippen molar-refractivity contribution < 1.29 is 0 Å². The van der Waals surface area contributed by atoms with Gasteiger partial charge in [-0.3, -0.25) is 0 Å². The van der Waals surface area contributed by atoms with Crippen molar-refractivity contribution in [3.05, 3.63) is 41.7 Å². The molecule has 3 nitrogen and oxygen atoms in total. The Kier molecular flexibility index (Phi) is 4.15. The lowest BCUT2D eigenvalue weighted by atomic mass is 10.1. The zero-order chi connectivity index (χ0) is 13.0. The Bertz CT molecular complexity index is 497. The van der Waals surface area contributed by atoms with Crippen LogP contribution in [0.4, 0.5) is 0 Å². The lowest BCUT2D eigenvalue weighted by Crippen LogP contribution is -2.09. The van der Waals surface area contributed by atoms with Crippen LogP contribution >= 0.6 is 0 Å². The van der Waals surface area contributed by atoms with Crippen LogP contribution in [0.15, 0.2) is 30.5 Å². The number of aromatic nitrogens is 2. The molecule has 2 rings (SSSR count). The fourth-order valence-corrected chi connectivity index (χ4v) is 2.23. The predicted octanol–water partition coefficient (Wildman–Crippen LogP) is 2.63. The van der Waals surface area contributed by atoms with E-state index in [9.17, 15) is 0 Å². The Balaban J connectivity index is 2.36. The SMILES string of the molecule is CCc1ccc(-c2ncc(CCN)n2CC)cc1. The molecule has 0 atom stereocenters. The molecule has 18 heavy (non-hydrogen) atoms. The standard InChI is InChI=1S/C15H21N3/c1-3-12-5-7-13(8-6-12)15-17-11-14(9-10-16)18(15)4-2/h5-8,11H,3-4,9-10,16H2,1-2H3. The molecule has 2 aromatic rings. The van der Waals surface area contributed by atoms with Gasteiger partial charge in [-0.2, -0.15) is 0 Å². The minimum Gasteiger partial charge on any atom is -0.330 e. The van der Waals surface area contributed by atoms with Gasteiger partial charge in [-0.05, 0) is 25.5 Å². The third kappa shape index (κ3) is 2.46. The number of nitrogens with zero attached hydrogens (tertiary/aromatic N) is 2. The van der Waals surface area contributed by atoms with E-state index in [0.717, 1.165) is 25.2 Å². The van der Waals surface area contributed by atoms with E-state index in [1.807, 2.05) is 6.20 Å². The van der Waals surface area contributed by atoms with Crippen LogP contribution in [0.5, 0.6) is 0 Å². The predicted molar refractivity (Wildman–Crippen MR) is 75.5 cm³/mol. The van der Waals surface area contributed by atoms with Gasteiger partial charge < -0.3 is 10.3 Å². The first-order valence-electron chi connectivity index (χ1n) is 6.63. The number of benzene rings is 1. The molecule has 0 spiro atoms. The normalized spacial score (nSPS) is 10.8. The highest BCUT2D eigenvalue weighted by molar-refractivity contribution is 5.56. The molecule has 1 heterocycles. The van der Waals surface area contributed by atoms with Crippen molar-refractivity contribution in [2.45, 2.75) is 33.2 Å². The fourth-order valence-electron chi connectivity index (χ4n) is 2.23. The number of imidazole rings is 1. The first kappa shape index (κ1) is 12.8. The van der Waals surface area contributed by atoms with Crippen molar-refractivity contribution in [2.75, 3.05) is 6.54 Å². The average Bonchev–Trinajstić information content (AvgIpc) is 2.82. The second-order valence-corrected chi connectivity index (χ2v) is 4.41. The second-order valence-electron chi connectivity index (χ2n) is 4.41. The van der Waals surface area contributed by atoms with E-state index in [1.165, 1.54) is 16.8 Å². The van der Waals surface area contributed by atoms with E-state index < -0.39 is 0 Å². The Hall–Kier alpha value is -1.61. The molecule has 0 radical (unpaired) electrons. The third-order valence-electron chi connectivity index (χ3n) is 3.28. The first-order valence-corrected chi connectivity index (χ1v) is 6.63. The summed E-state index contributed by atoms with van der Waals surface area (Å²) in [5.41, 5.74) is 9.38. The molecule has 0 bridgehead atoms. The average molecular weight is 243 g/mol. The summed E-state index contributed by atoms with van der Waals surface area (Å²) < 4.78 is 2.24. The summed E-state index contributed by atoms with van der Waals surface area (Å²) in [5, 5.41) is 0. The summed E-state index contributed by atoms with van der Waals surface area (Å²) in [6.45, 7) is 5.91. The van der Waals surface area contributed by atoms with Crippen molar-refractivity contribution in [1.29, 1.82) is 0 Å². The maximum absolute atomic E-state index is 5.63. The molecular formula is C15H21N3. The highest BCUT2D eigenvalue weighted by Crippen LogP contribution is 2.20. The van der Waals surface area contributed by atoms with Gasteiger partial charge in [0.15, 0.2) is 0 Å². The molecule has 2 N–H and O–H groups in total. The van der Waals surface area contributed by atoms with Gasteiger partial charge in [0.1, 0.15) is 5.82 Å². The van der Waals surface area contributed by atoms with Crippen LogP contribution in [-0.2, 0) is 19.4 Å². The zero-order valence-corrected chi connectivity index (χ0v) is 11.2. The molecule has 0 saturated carbocycles. The van der Waals surface area contributed by atoms with Gasteiger partial charge >= 0.3 is 0 Å². The van der Waals surface area contributed by atoms with Crippen LogP contribution in [-0.4, -0.2) is 16.1 Å². The topological polar surface area (TPSA) is 43.8 Å². The summed E-state index contributed by atoms with van der Waals surface area (Å²) in [7, 11) is 0. The smallest absolute Gasteiger partial charge is 0.140 e. The number of aryl methyl sites for hydroxylation is 1. The summed E-state index contributed by atoms with van der Waals surface area (Å²) in [5.74, 6) is 1.05. The molecule has 0 aliphatic heterocycles. The molecule has 0 aliphatic carbocycles. The maximum atomic E-state index is 5.63. The minimum atomic E-state index is 0.667. The summed E-state index contributed by atoms with van der Waals surface area (Å²) in [4.78, 5) is 4.54. The molecule has 0 aliphatic rings. The van der Waals surface area contributed by atoms with E-state index >= 15 is 0 Å². The van der Waals surface area contributed by atoms with Gasteiger partial charge in [-0.25, -0.2) is 4.98 Å². The van der Waals surface area contributed by atoms with Crippen molar-refractivity contribution >= 4 is 0 Å². The van der Waals surface area contributed by atoms with Crippen molar-refractivity contribution in [3.63, 3.8) is 0 Å². The Labute approximate surface area is 109 Å². The van der Waals surface area contributed by atoms with Gasteiger partial charge in [-0.1, -0.05) is 31.2 Å². The quantitative estimate of drug-likeness (QED) is 0.877. The maximum Gasteiger partial charge on any atom is 0.140 e.